The van der Waals surface area contributed by atoms with Gasteiger partial charge in [0.1, 0.15) is 0 Å². The van der Waals surface area contributed by atoms with Crippen molar-refractivity contribution < 1.29 is 4.79 Å². The van der Waals surface area contributed by atoms with Crippen molar-refractivity contribution in [2.24, 2.45) is 5.92 Å². The lowest BCUT2D eigenvalue weighted by Gasteiger charge is -2.22. The maximum absolute atomic E-state index is 12.6. The third-order valence-corrected chi connectivity index (χ3v) is 5.07. The van der Waals surface area contributed by atoms with Gasteiger partial charge in [0.2, 0.25) is 5.91 Å². The van der Waals surface area contributed by atoms with E-state index >= 15 is 0 Å². The summed E-state index contributed by atoms with van der Waals surface area (Å²) in [5, 5.41) is 4.96. The Morgan fingerprint density at radius 1 is 1.21 bits per heavy atom. The predicted octanol–water partition coefficient (Wildman–Crippen LogP) is 4.24. The van der Waals surface area contributed by atoms with Gasteiger partial charge in [-0.05, 0) is 48.6 Å². The van der Waals surface area contributed by atoms with E-state index < -0.39 is 0 Å². The van der Waals surface area contributed by atoms with Crippen LogP contribution in [-0.2, 0) is 24.2 Å². The number of nitrogens with one attached hydrogen (secondary N) is 2. The monoisotopic (exact) mass is 338 g/mol. The van der Waals surface area contributed by atoms with E-state index in [1.807, 2.05) is 48.5 Å². The third kappa shape index (κ3) is 2.92. The van der Waals surface area contributed by atoms with Gasteiger partial charge in [0.15, 0.2) is 0 Å². The highest BCUT2D eigenvalue weighted by Crippen LogP contribution is 2.33. The van der Waals surface area contributed by atoms with Gasteiger partial charge in [0.05, 0.1) is 0 Å². The fraction of sp³-hybridized carbons (Fsp3) is 0.250. The average Bonchev–Trinajstić information content (AvgIpc) is 2.97. The number of halogens is 1. The maximum atomic E-state index is 12.6. The lowest BCUT2D eigenvalue weighted by atomic mass is 9.86. The zero-order chi connectivity index (χ0) is 16.5. The first-order valence-electron chi connectivity index (χ1n) is 8.31. The number of carbonyl (C=O) groups excluding carboxylic acids is 1. The molecular weight excluding hydrogens is 320 g/mol. The van der Waals surface area contributed by atoms with Crippen molar-refractivity contribution in [3.8, 4) is 0 Å². The molecule has 0 bridgehead atoms. The van der Waals surface area contributed by atoms with Crippen LogP contribution in [0.3, 0.4) is 0 Å². The van der Waals surface area contributed by atoms with Crippen molar-refractivity contribution in [1.29, 1.82) is 0 Å². The number of rotatable bonds is 3. The summed E-state index contributed by atoms with van der Waals surface area (Å²) in [5.74, 6) is 0.167. The van der Waals surface area contributed by atoms with Crippen LogP contribution in [0.5, 0.6) is 0 Å². The van der Waals surface area contributed by atoms with Crippen molar-refractivity contribution in [3.63, 3.8) is 0 Å². The van der Waals surface area contributed by atoms with Crippen molar-refractivity contribution in [1.82, 2.24) is 10.3 Å². The number of amides is 1. The molecule has 0 saturated heterocycles. The third-order valence-electron chi connectivity index (χ3n) is 4.83. The topological polar surface area (TPSA) is 44.9 Å². The Morgan fingerprint density at radius 3 is 2.88 bits per heavy atom. The van der Waals surface area contributed by atoms with Crippen LogP contribution in [0.15, 0.2) is 48.5 Å². The number of H-pyrrole nitrogens is 1. The van der Waals surface area contributed by atoms with E-state index in [-0.39, 0.29) is 11.8 Å². The number of hydrogen-bond donors (Lipinski definition) is 2. The van der Waals surface area contributed by atoms with Gasteiger partial charge in [-0.2, -0.15) is 0 Å². The second-order valence-corrected chi connectivity index (χ2v) is 6.85. The first kappa shape index (κ1) is 15.3. The van der Waals surface area contributed by atoms with Crippen molar-refractivity contribution in [2.75, 3.05) is 0 Å². The van der Waals surface area contributed by atoms with E-state index in [4.69, 9.17) is 11.6 Å². The summed E-state index contributed by atoms with van der Waals surface area (Å²) in [6.07, 6.45) is 2.57. The normalized spacial score (nSPS) is 16.8. The van der Waals surface area contributed by atoms with E-state index in [9.17, 15) is 4.79 Å². The van der Waals surface area contributed by atoms with Crippen LogP contribution in [0.1, 0.15) is 23.2 Å². The highest BCUT2D eigenvalue weighted by Gasteiger charge is 2.27. The van der Waals surface area contributed by atoms with Crippen LogP contribution in [0.25, 0.3) is 10.9 Å². The molecule has 1 heterocycles. The Kier molecular flexibility index (Phi) is 4.03. The highest BCUT2D eigenvalue weighted by molar-refractivity contribution is 6.31. The molecule has 1 unspecified atom stereocenters. The van der Waals surface area contributed by atoms with Gasteiger partial charge in [0, 0.05) is 34.1 Å². The van der Waals surface area contributed by atoms with E-state index in [2.05, 4.69) is 10.3 Å². The minimum absolute atomic E-state index is 0.0270. The van der Waals surface area contributed by atoms with Crippen molar-refractivity contribution >= 4 is 28.4 Å². The molecule has 0 aliphatic heterocycles. The Hall–Kier alpha value is -2.26. The van der Waals surface area contributed by atoms with Crippen LogP contribution in [-0.4, -0.2) is 10.9 Å². The number of carbonyl (C=O) groups is 1. The summed E-state index contributed by atoms with van der Waals surface area (Å²) in [6, 6.07) is 15.9. The minimum Gasteiger partial charge on any atom is -0.358 e. The average molecular weight is 339 g/mol. The molecule has 1 atom stereocenters. The zero-order valence-electron chi connectivity index (χ0n) is 13.3. The second-order valence-electron chi connectivity index (χ2n) is 6.42. The van der Waals surface area contributed by atoms with Crippen LogP contribution < -0.4 is 5.32 Å². The second kappa shape index (κ2) is 6.33. The number of aromatic amines is 1. The Morgan fingerprint density at radius 2 is 2.04 bits per heavy atom. The number of fused-ring (bicyclic) bond motifs is 3. The molecule has 1 aliphatic rings. The lowest BCUT2D eigenvalue weighted by Crippen LogP contribution is -2.33. The molecule has 2 aromatic carbocycles. The van der Waals surface area contributed by atoms with Gasteiger partial charge in [-0.15, -0.1) is 0 Å². The van der Waals surface area contributed by atoms with Crippen molar-refractivity contribution in [2.45, 2.75) is 25.8 Å². The van der Waals surface area contributed by atoms with Crippen LogP contribution in [0, 0.1) is 5.92 Å². The van der Waals surface area contributed by atoms with Gasteiger partial charge in [-0.25, -0.2) is 0 Å². The summed E-state index contributed by atoms with van der Waals surface area (Å²) in [7, 11) is 0. The molecule has 0 spiro atoms. The Balaban J connectivity index is 1.50. The fourth-order valence-corrected chi connectivity index (χ4v) is 3.71. The predicted molar refractivity (Wildman–Crippen MR) is 97.1 cm³/mol. The largest absolute Gasteiger partial charge is 0.358 e. The first-order chi connectivity index (χ1) is 11.7. The molecule has 4 heteroatoms. The summed E-state index contributed by atoms with van der Waals surface area (Å²) >= 11 is 6.14. The lowest BCUT2D eigenvalue weighted by molar-refractivity contribution is -0.125. The minimum atomic E-state index is 0.0270. The van der Waals surface area contributed by atoms with Crippen molar-refractivity contribution in [3.05, 3.63) is 70.4 Å². The molecule has 2 N–H and O–H groups in total. The maximum Gasteiger partial charge on any atom is 0.223 e. The van der Waals surface area contributed by atoms with Crippen LogP contribution in [0.2, 0.25) is 5.02 Å². The number of benzene rings is 2. The molecule has 1 aliphatic carbocycles. The van der Waals surface area contributed by atoms with Crippen LogP contribution >= 0.6 is 11.6 Å². The summed E-state index contributed by atoms with van der Waals surface area (Å²) in [5.41, 5.74) is 4.73. The Labute approximate surface area is 146 Å². The molecule has 122 valence electrons. The van der Waals surface area contributed by atoms with Crippen LogP contribution in [0.4, 0.5) is 0 Å². The molecule has 3 nitrogen and oxygen atoms in total. The van der Waals surface area contributed by atoms with E-state index in [0.29, 0.717) is 6.54 Å². The smallest absolute Gasteiger partial charge is 0.223 e. The summed E-state index contributed by atoms with van der Waals surface area (Å²) < 4.78 is 0. The van der Waals surface area contributed by atoms with Gasteiger partial charge in [-0.3, -0.25) is 4.79 Å². The number of hydrogen-bond acceptors (Lipinski definition) is 1. The molecule has 0 radical (unpaired) electrons. The Bertz CT molecular complexity index is 885. The molecule has 0 saturated carbocycles. The molecule has 0 fully saturated rings. The van der Waals surface area contributed by atoms with Gasteiger partial charge >= 0.3 is 0 Å². The quantitative estimate of drug-likeness (QED) is 0.737. The molecule has 24 heavy (non-hydrogen) atoms. The summed E-state index contributed by atoms with van der Waals surface area (Å²) in [4.78, 5) is 16.0. The zero-order valence-corrected chi connectivity index (χ0v) is 14.1. The van der Waals surface area contributed by atoms with Gasteiger partial charge in [0.25, 0.3) is 0 Å². The van der Waals surface area contributed by atoms with E-state index in [0.717, 1.165) is 40.8 Å². The first-order valence-corrected chi connectivity index (χ1v) is 8.69. The van der Waals surface area contributed by atoms with E-state index in [1.165, 1.54) is 11.3 Å². The number of aryl methyl sites for hydroxylation is 1. The van der Waals surface area contributed by atoms with E-state index in [1.54, 1.807) is 0 Å². The molecule has 3 aromatic rings. The molecular formula is C20H19ClN2O. The molecule has 1 amide bonds. The fourth-order valence-electron chi connectivity index (χ4n) is 3.54. The molecule has 4 rings (SSSR count). The summed E-state index contributed by atoms with van der Waals surface area (Å²) in [6.45, 7) is 0.586. The molecule has 1 aromatic heterocycles. The number of aromatic nitrogens is 1. The van der Waals surface area contributed by atoms with Gasteiger partial charge < -0.3 is 10.3 Å². The highest BCUT2D eigenvalue weighted by atomic mass is 35.5. The SMILES string of the molecule is O=C(NCc1ccccc1)C1CCc2[nH]c3ccc(Cl)cc3c2C1. The van der Waals surface area contributed by atoms with Gasteiger partial charge in [-0.1, -0.05) is 41.9 Å². The standard InChI is InChI=1S/C20H19ClN2O/c21-15-7-9-19-17(11-15)16-10-14(6-8-18(16)23-19)20(24)22-12-13-4-2-1-3-5-13/h1-5,7,9,11,14,23H,6,8,10,12H2,(H,22,24).